The topological polar surface area (TPSA) is 49.7 Å². The zero-order valence-corrected chi connectivity index (χ0v) is 11.6. The Morgan fingerprint density at radius 2 is 2.05 bits per heavy atom. The monoisotopic (exact) mass is 257 g/mol. The highest BCUT2D eigenvalue weighted by Crippen LogP contribution is 2.35. The van der Waals surface area contributed by atoms with Gasteiger partial charge in [0.1, 0.15) is 5.76 Å². The number of rotatable bonds is 2. The summed E-state index contributed by atoms with van der Waals surface area (Å²) in [5.74, 6) is 0.114. The number of aliphatic imine (C=N–C) groups is 1. The van der Waals surface area contributed by atoms with Crippen LogP contribution in [-0.4, -0.2) is 17.1 Å². The number of carbonyl (C=O) groups is 1. The average molecular weight is 257 g/mol. The second-order valence-electron chi connectivity index (χ2n) is 5.90. The number of aliphatic hydroxyl groups excluding tert-OH is 1. The van der Waals surface area contributed by atoms with Crippen LogP contribution in [0.25, 0.3) is 0 Å². The normalized spacial score (nSPS) is 19.2. The molecule has 0 radical (unpaired) electrons. The number of nitrogens with zero attached hydrogens (tertiary/aromatic N) is 1. The fourth-order valence-corrected chi connectivity index (χ4v) is 2.30. The number of Topliss-reactive ketones (excluding diaryl/α,β-unsaturated/α-hetero) is 1. The van der Waals surface area contributed by atoms with Gasteiger partial charge in [-0.1, -0.05) is 26.0 Å². The number of ketones is 1. The first-order valence-electron chi connectivity index (χ1n) is 6.43. The van der Waals surface area contributed by atoms with Crippen LogP contribution in [0.4, 0.5) is 5.69 Å². The van der Waals surface area contributed by atoms with E-state index < -0.39 is 0 Å². The number of aliphatic hydroxyl groups is 1. The van der Waals surface area contributed by atoms with Gasteiger partial charge in [-0.05, 0) is 30.0 Å². The molecule has 0 atom stereocenters. The average Bonchev–Trinajstić information content (AvgIpc) is 2.26. The molecule has 0 unspecified atom stereocenters. The molecule has 0 saturated carbocycles. The summed E-state index contributed by atoms with van der Waals surface area (Å²) in [5.41, 5.74) is 2.09. The van der Waals surface area contributed by atoms with E-state index in [1.807, 2.05) is 45.0 Å². The molecule has 3 heteroatoms. The van der Waals surface area contributed by atoms with Gasteiger partial charge in [-0.15, -0.1) is 0 Å². The van der Waals surface area contributed by atoms with Gasteiger partial charge in [-0.3, -0.25) is 9.79 Å². The first kappa shape index (κ1) is 13.5. The van der Waals surface area contributed by atoms with Crippen LogP contribution in [0.2, 0.25) is 0 Å². The molecule has 0 bridgehead atoms. The Labute approximate surface area is 113 Å². The molecule has 100 valence electrons. The van der Waals surface area contributed by atoms with Gasteiger partial charge in [0.15, 0.2) is 5.78 Å². The Balaban J connectivity index is 2.25. The lowest BCUT2D eigenvalue weighted by Gasteiger charge is -2.28. The number of carbonyl (C=O) groups excluding carboxylic acids is 1. The largest absolute Gasteiger partial charge is 0.511 e. The maximum absolute atomic E-state index is 12.0. The van der Waals surface area contributed by atoms with Crippen LogP contribution in [-0.2, 0) is 4.79 Å². The quantitative estimate of drug-likeness (QED) is 0.817. The lowest BCUT2D eigenvalue weighted by molar-refractivity contribution is -0.117. The number of benzene rings is 1. The highest BCUT2D eigenvalue weighted by Gasteiger charge is 2.32. The molecule has 0 amide bonds. The van der Waals surface area contributed by atoms with Crippen LogP contribution in [0.3, 0.4) is 0 Å². The number of aryl methyl sites for hydroxylation is 1. The van der Waals surface area contributed by atoms with E-state index in [4.69, 9.17) is 0 Å². The highest BCUT2D eigenvalue weighted by molar-refractivity contribution is 6.14. The highest BCUT2D eigenvalue weighted by atomic mass is 16.3. The second kappa shape index (κ2) is 5.00. The summed E-state index contributed by atoms with van der Waals surface area (Å²) in [5, 5.41) is 9.98. The van der Waals surface area contributed by atoms with Gasteiger partial charge in [0.25, 0.3) is 0 Å². The second-order valence-corrected chi connectivity index (χ2v) is 5.90. The fourth-order valence-electron chi connectivity index (χ4n) is 2.30. The number of hydrogen-bond donors (Lipinski definition) is 1. The molecule has 1 aromatic carbocycles. The molecule has 3 nitrogen and oxygen atoms in total. The Bertz CT molecular complexity index is 568. The lowest BCUT2D eigenvalue weighted by atomic mass is 9.77. The standard InChI is InChI=1S/C16H19NO2/c1-11-5-4-6-12(7-11)17-10-13-14(18)8-16(2,3)9-15(13)19/h4-7,10,18H,8-9H2,1-3H3. The summed E-state index contributed by atoms with van der Waals surface area (Å²) in [6.07, 6.45) is 2.46. The summed E-state index contributed by atoms with van der Waals surface area (Å²) in [6.45, 7) is 5.95. The van der Waals surface area contributed by atoms with E-state index in [0.29, 0.717) is 18.4 Å². The molecule has 0 saturated heterocycles. The van der Waals surface area contributed by atoms with Crippen LogP contribution in [0.15, 0.2) is 40.6 Å². The van der Waals surface area contributed by atoms with E-state index in [9.17, 15) is 9.90 Å². The molecule has 0 heterocycles. The van der Waals surface area contributed by atoms with Crippen LogP contribution in [0.5, 0.6) is 0 Å². The third-order valence-electron chi connectivity index (χ3n) is 3.24. The minimum Gasteiger partial charge on any atom is -0.511 e. The van der Waals surface area contributed by atoms with Crippen molar-refractivity contribution in [1.82, 2.24) is 0 Å². The van der Waals surface area contributed by atoms with Crippen LogP contribution in [0, 0.1) is 12.3 Å². The van der Waals surface area contributed by atoms with Gasteiger partial charge in [0, 0.05) is 19.1 Å². The summed E-state index contributed by atoms with van der Waals surface area (Å²) < 4.78 is 0. The van der Waals surface area contributed by atoms with E-state index in [2.05, 4.69) is 4.99 Å². The molecule has 1 aliphatic carbocycles. The zero-order valence-electron chi connectivity index (χ0n) is 11.6. The predicted molar refractivity (Wildman–Crippen MR) is 77.0 cm³/mol. The van der Waals surface area contributed by atoms with Crippen molar-refractivity contribution in [1.29, 1.82) is 0 Å². The molecule has 0 aromatic heterocycles. The Morgan fingerprint density at radius 1 is 1.32 bits per heavy atom. The molecule has 2 rings (SSSR count). The fraction of sp³-hybridized carbons (Fsp3) is 0.375. The van der Waals surface area contributed by atoms with E-state index in [1.54, 1.807) is 0 Å². The van der Waals surface area contributed by atoms with Crippen molar-refractivity contribution in [2.45, 2.75) is 33.6 Å². The van der Waals surface area contributed by atoms with Crippen molar-refractivity contribution in [2.24, 2.45) is 10.4 Å². The molecular weight excluding hydrogens is 238 g/mol. The summed E-state index contributed by atoms with van der Waals surface area (Å²) in [6, 6.07) is 7.72. The molecule has 0 aliphatic heterocycles. The Hall–Kier alpha value is -1.90. The number of allylic oxidation sites excluding steroid dienone is 2. The van der Waals surface area contributed by atoms with Gasteiger partial charge in [-0.25, -0.2) is 0 Å². The van der Waals surface area contributed by atoms with E-state index in [0.717, 1.165) is 11.3 Å². The molecule has 1 aliphatic rings. The summed E-state index contributed by atoms with van der Waals surface area (Å²) in [7, 11) is 0. The van der Waals surface area contributed by atoms with Crippen molar-refractivity contribution in [3.63, 3.8) is 0 Å². The minimum atomic E-state index is -0.165. The predicted octanol–water partition coefficient (Wildman–Crippen LogP) is 3.90. The molecule has 19 heavy (non-hydrogen) atoms. The molecule has 1 aromatic rings. The molecule has 1 N–H and O–H groups in total. The van der Waals surface area contributed by atoms with Crippen LogP contribution < -0.4 is 0 Å². The van der Waals surface area contributed by atoms with Gasteiger partial charge in [0.2, 0.25) is 0 Å². The maximum Gasteiger partial charge on any atom is 0.168 e. The van der Waals surface area contributed by atoms with Crippen molar-refractivity contribution in [3.8, 4) is 0 Å². The van der Waals surface area contributed by atoms with Gasteiger partial charge in [0.05, 0.1) is 11.3 Å². The Morgan fingerprint density at radius 3 is 2.68 bits per heavy atom. The minimum absolute atomic E-state index is 0.0369. The van der Waals surface area contributed by atoms with Crippen molar-refractivity contribution >= 4 is 17.7 Å². The van der Waals surface area contributed by atoms with Crippen molar-refractivity contribution in [2.75, 3.05) is 0 Å². The Kier molecular flexibility index (Phi) is 3.56. The number of hydrogen-bond acceptors (Lipinski definition) is 3. The zero-order chi connectivity index (χ0) is 14.0. The van der Waals surface area contributed by atoms with E-state index >= 15 is 0 Å². The van der Waals surface area contributed by atoms with E-state index in [-0.39, 0.29) is 17.0 Å². The van der Waals surface area contributed by atoms with Crippen LogP contribution >= 0.6 is 0 Å². The van der Waals surface area contributed by atoms with Gasteiger partial charge < -0.3 is 5.11 Å². The third kappa shape index (κ3) is 3.31. The molecule has 0 spiro atoms. The third-order valence-corrected chi connectivity index (χ3v) is 3.24. The maximum atomic E-state index is 12.0. The molecular formula is C16H19NO2. The van der Waals surface area contributed by atoms with Crippen LogP contribution in [0.1, 0.15) is 32.3 Å². The van der Waals surface area contributed by atoms with Gasteiger partial charge >= 0.3 is 0 Å². The van der Waals surface area contributed by atoms with Crippen molar-refractivity contribution < 1.29 is 9.90 Å². The smallest absolute Gasteiger partial charge is 0.168 e. The SMILES string of the molecule is Cc1cccc(N=CC2=C(O)CC(C)(C)CC2=O)c1. The van der Waals surface area contributed by atoms with Gasteiger partial charge in [-0.2, -0.15) is 0 Å². The molecule has 0 fully saturated rings. The summed E-state index contributed by atoms with van der Waals surface area (Å²) >= 11 is 0. The van der Waals surface area contributed by atoms with E-state index in [1.165, 1.54) is 6.21 Å². The van der Waals surface area contributed by atoms with Crippen molar-refractivity contribution in [3.05, 3.63) is 41.2 Å². The first-order valence-corrected chi connectivity index (χ1v) is 6.43. The summed E-state index contributed by atoms with van der Waals surface area (Å²) in [4.78, 5) is 16.3. The first-order chi connectivity index (χ1) is 8.87. The lowest BCUT2D eigenvalue weighted by Crippen LogP contribution is -2.26.